The molecule has 0 aliphatic carbocycles. The van der Waals surface area contributed by atoms with Gasteiger partial charge in [-0.05, 0) is 6.92 Å². The molecule has 1 unspecified atom stereocenters. The molecule has 6 heteroatoms. The number of nitrogens with zero attached hydrogens (tertiary/aromatic N) is 1. The third kappa shape index (κ3) is 3.15. The van der Waals surface area contributed by atoms with Gasteiger partial charge in [-0.25, -0.2) is 8.78 Å². The van der Waals surface area contributed by atoms with E-state index in [0.717, 1.165) is 6.07 Å². The van der Waals surface area contributed by atoms with Gasteiger partial charge in [0.25, 0.3) is 6.43 Å². The first-order chi connectivity index (χ1) is 6.04. The third-order valence-electron chi connectivity index (χ3n) is 1.15. The largest absolute Gasteiger partial charge is 0.465 e. The summed E-state index contributed by atoms with van der Waals surface area (Å²) >= 11 is 0. The maximum Gasteiger partial charge on any atom is 0.331 e. The Balaban J connectivity index is 4.44. The van der Waals surface area contributed by atoms with Crippen molar-refractivity contribution in [2.24, 2.45) is 5.92 Å². The van der Waals surface area contributed by atoms with Gasteiger partial charge in [0.1, 0.15) is 0 Å². The van der Waals surface area contributed by atoms with Crippen molar-refractivity contribution in [2.75, 3.05) is 6.61 Å². The molecule has 0 fully saturated rings. The molecule has 0 saturated heterocycles. The molecule has 0 radical (unpaired) electrons. The van der Waals surface area contributed by atoms with Crippen LogP contribution in [0.2, 0.25) is 0 Å². The second-order valence-electron chi connectivity index (χ2n) is 2.02. The molecular formula is C7H7F2NO3. The van der Waals surface area contributed by atoms with E-state index in [-0.39, 0.29) is 6.61 Å². The van der Waals surface area contributed by atoms with Gasteiger partial charge in [-0.2, -0.15) is 5.26 Å². The number of ether oxygens (including phenoxy) is 1. The van der Waals surface area contributed by atoms with Gasteiger partial charge >= 0.3 is 5.97 Å². The Morgan fingerprint density at radius 2 is 2.08 bits per heavy atom. The summed E-state index contributed by atoms with van der Waals surface area (Å²) in [6.07, 6.45) is -3.32. The van der Waals surface area contributed by atoms with Gasteiger partial charge in [-0.15, -0.1) is 0 Å². The third-order valence-corrected chi connectivity index (χ3v) is 1.15. The number of carbonyl (C=O) groups is 2. The fraction of sp³-hybridized carbons (Fsp3) is 0.571. The first kappa shape index (κ1) is 11.5. The number of halogens is 2. The molecule has 0 N–H and O–H groups in total. The van der Waals surface area contributed by atoms with Gasteiger partial charge in [0.15, 0.2) is 0 Å². The average Bonchev–Trinajstić information content (AvgIpc) is 2.05. The van der Waals surface area contributed by atoms with Crippen molar-refractivity contribution in [1.82, 2.24) is 0 Å². The first-order valence-electron chi connectivity index (χ1n) is 3.42. The normalized spacial score (nSPS) is 11.9. The molecule has 0 rings (SSSR count). The Bertz CT molecular complexity index is 247. The predicted octanol–water partition coefficient (Wildman–Crippen LogP) is 0.523. The van der Waals surface area contributed by atoms with Crippen molar-refractivity contribution in [1.29, 1.82) is 5.26 Å². The van der Waals surface area contributed by atoms with E-state index >= 15 is 0 Å². The molecule has 0 aromatic rings. The number of hydrogen-bond donors (Lipinski definition) is 0. The van der Waals surface area contributed by atoms with E-state index < -0.39 is 24.1 Å². The van der Waals surface area contributed by atoms with Crippen LogP contribution in [0.1, 0.15) is 6.92 Å². The van der Waals surface area contributed by atoms with E-state index in [1.165, 1.54) is 6.92 Å². The second-order valence-corrected chi connectivity index (χ2v) is 2.02. The fourth-order valence-electron chi connectivity index (χ4n) is 0.584. The van der Waals surface area contributed by atoms with Crippen molar-refractivity contribution in [3.05, 3.63) is 0 Å². The van der Waals surface area contributed by atoms with Crippen LogP contribution in [0.15, 0.2) is 0 Å². The highest BCUT2D eigenvalue weighted by Crippen LogP contribution is 2.07. The molecule has 0 spiro atoms. The van der Waals surface area contributed by atoms with Crippen LogP contribution in [0.3, 0.4) is 0 Å². The maximum atomic E-state index is 11.8. The van der Waals surface area contributed by atoms with Crippen molar-refractivity contribution in [3.8, 4) is 6.07 Å². The highest BCUT2D eigenvalue weighted by Gasteiger charge is 2.33. The highest BCUT2D eigenvalue weighted by atomic mass is 19.3. The van der Waals surface area contributed by atoms with Crippen LogP contribution in [0.25, 0.3) is 0 Å². The lowest BCUT2D eigenvalue weighted by atomic mass is 10.1. The molecule has 4 nitrogen and oxygen atoms in total. The van der Waals surface area contributed by atoms with E-state index in [2.05, 4.69) is 4.74 Å². The lowest BCUT2D eigenvalue weighted by Crippen LogP contribution is -2.29. The fourth-order valence-corrected chi connectivity index (χ4v) is 0.584. The van der Waals surface area contributed by atoms with Gasteiger partial charge in [0.05, 0.1) is 12.7 Å². The number of Topliss-reactive ketones (excluding diaryl/α,β-unsaturated/α-hetero) is 1. The zero-order valence-electron chi connectivity index (χ0n) is 6.79. The first-order valence-corrected chi connectivity index (χ1v) is 3.42. The molecule has 0 bridgehead atoms. The van der Waals surface area contributed by atoms with E-state index in [0.29, 0.717) is 0 Å². The number of esters is 1. The Morgan fingerprint density at radius 1 is 1.54 bits per heavy atom. The molecule has 0 aliphatic heterocycles. The Hall–Kier alpha value is -1.51. The maximum absolute atomic E-state index is 11.8. The highest BCUT2D eigenvalue weighted by molar-refractivity contribution is 6.03. The summed E-state index contributed by atoms with van der Waals surface area (Å²) in [7, 11) is 0. The Morgan fingerprint density at radius 3 is 2.38 bits per heavy atom. The van der Waals surface area contributed by atoms with E-state index in [1.54, 1.807) is 0 Å². The van der Waals surface area contributed by atoms with Gasteiger partial charge in [0, 0.05) is 0 Å². The van der Waals surface area contributed by atoms with Crippen molar-refractivity contribution in [3.63, 3.8) is 0 Å². The van der Waals surface area contributed by atoms with Crippen molar-refractivity contribution < 1.29 is 23.1 Å². The summed E-state index contributed by atoms with van der Waals surface area (Å²) in [5.74, 6) is -4.96. The summed E-state index contributed by atoms with van der Waals surface area (Å²) in [5, 5.41) is 8.24. The minimum atomic E-state index is -3.32. The zero-order valence-corrected chi connectivity index (χ0v) is 6.79. The van der Waals surface area contributed by atoms with Crippen LogP contribution in [0, 0.1) is 17.2 Å². The molecule has 0 saturated carbocycles. The summed E-state index contributed by atoms with van der Waals surface area (Å²) in [6, 6.07) is 1.16. The van der Waals surface area contributed by atoms with E-state index in [1.807, 2.05) is 0 Å². The van der Waals surface area contributed by atoms with Gasteiger partial charge in [-0.3, -0.25) is 9.59 Å². The standard InChI is InChI=1S/C7H7F2NO3/c1-2-13-7(12)4(3-10)5(11)6(8)9/h4,6H,2H2,1H3. The monoisotopic (exact) mass is 191 g/mol. The van der Waals surface area contributed by atoms with Crippen molar-refractivity contribution in [2.45, 2.75) is 13.3 Å². The molecule has 0 heterocycles. The average molecular weight is 191 g/mol. The van der Waals surface area contributed by atoms with Crippen LogP contribution >= 0.6 is 0 Å². The lowest BCUT2D eigenvalue weighted by molar-refractivity contribution is -0.152. The predicted molar refractivity (Wildman–Crippen MR) is 36.7 cm³/mol. The van der Waals surface area contributed by atoms with Crippen LogP contribution in [-0.2, 0) is 14.3 Å². The number of hydrogen-bond acceptors (Lipinski definition) is 4. The molecule has 0 aromatic carbocycles. The Labute approximate surface area is 73.1 Å². The summed E-state index contributed by atoms with van der Waals surface area (Å²) in [6.45, 7) is 1.38. The molecule has 0 aromatic heterocycles. The van der Waals surface area contributed by atoms with Crippen molar-refractivity contribution >= 4 is 11.8 Å². The van der Waals surface area contributed by atoms with E-state index in [9.17, 15) is 18.4 Å². The van der Waals surface area contributed by atoms with Gasteiger partial charge < -0.3 is 4.74 Å². The topological polar surface area (TPSA) is 67.2 Å². The Kier molecular flexibility index (Phi) is 4.59. The number of alkyl halides is 2. The summed E-state index contributed by atoms with van der Waals surface area (Å²) < 4.78 is 27.8. The number of rotatable bonds is 4. The van der Waals surface area contributed by atoms with E-state index in [4.69, 9.17) is 5.26 Å². The SMILES string of the molecule is CCOC(=O)C(C#N)C(=O)C(F)F. The molecule has 0 aliphatic rings. The minimum absolute atomic E-state index is 0.0620. The van der Waals surface area contributed by atoms with Crippen LogP contribution in [0.5, 0.6) is 0 Å². The van der Waals surface area contributed by atoms with Crippen LogP contribution < -0.4 is 0 Å². The number of nitriles is 1. The summed E-state index contributed by atoms with van der Waals surface area (Å²) in [4.78, 5) is 21.2. The number of ketones is 1. The number of carbonyl (C=O) groups excluding carboxylic acids is 2. The smallest absolute Gasteiger partial charge is 0.331 e. The molecule has 1 atom stereocenters. The summed E-state index contributed by atoms with van der Waals surface area (Å²) in [5.41, 5.74) is 0. The zero-order chi connectivity index (χ0) is 10.4. The quantitative estimate of drug-likeness (QED) is 0.480. The van der Waals surface area contributed by atoms with Gasteiger partial charge in [-0.1, -0.05) is 0 Å². The second kappa shape index (κ2) is 5.19. The lowest BCUT2D eigenvalue weighted by Gasteiger charge is -2.05. The minimum Gasteiger partial charge on any atom is -0.465 e. The van der Waals surface area contributed by atoms with Crippen LogP contribution in [-0.4, -0.2) is 24.8 Å². The van der Waals surface area contributed by atoms with Gasteiger partial charge in [0.2, 0.25) is 11.7 Å². The molecule has 72 valence electrons. The molecular weight excluding hydrogens is 184 g/mol. The molecule has 13 heavy (non-hydrogen) atoms. The van der Waals surface area contributed by atoms with Crippen LogP contribution in [0.4, 0.5) is 8.78 Å². The molecule has 0 amide bonds.